The lowest BCUT2D eigenvalue weighted by Gasteiger charge is -2.24. The molecule has 4 heteroatoms. The van der Waals surface area contributed by atoms with Crippen LogP contribution in [-0.4, -0.2) is 22.9 Å². The Morgan fingerprint density at radius 2 is 1.46 bits per heavy atom. The molecule has 0 aromatic rings. The van der Waals surface area contributed by atoms with Gasteiger partial charge >= 0.3 is 0 Å². The number of carbonyl (C=O) groups is 2. The molecule has 0 aromatic heterocycles. The third kappa shape index (κ3) is 6.66. The van der Waals surface area contributed by atoms with Crippen molar-refractivity contribution in [3.05, 3.63) is 24.3 Å². The Bertz CT molecular complexity index is 551. The Morgan fingerprint density at radius 1 is 0.929 bits per heavy atom. The molecule has 2 aliphatic carbocycles. The van der Waals surface area contributed by atoms with Crippen LogP contribution in [0.25, 0.3) is 0 Å². The molecule has 0 amide bonds. The molecule has 1 N–H and O–H groups in total. The Morgan fingerprint density at radius 3 is 2.00 bits per heavy atom. The van der Waals surface area contributed by atoms with Crippen molar-refractivity contribution in [3.8, 4) is 0 Å². The lowest BCUT2D eigenvalue weighted by molar-refractivity contribution is -0.284. The minimum absolute atomic E-state index is 0.0698. The van der Waals surface area contributed by atoms with E-state index in [-0.39, 0.29) is 17.9 Å². The maximum atomic E-state index is 12.2. The van der Waals surface area contributed by atoms with Gasteiger partial charge in [0.1, 0.15) is 11.6 Å². The van der Waals surface area contributed by atoms with E-state index in [0.717, 1.165) is 57.8 Å². The maximum Gasteiger partial charge on any atom is 0.136 e. The smallest absolute Gasteiger partial charge is 0.136 e. The van der Waals surface area contributed by atoms with Gasteiger partial charge in [0.15, 0.2) is 0 Å². The van der Waals surface area contributed by atoms with Crippen molar-refractivity contribution in [2.24, 2.45) is 23.7 Å². The monoisotopic (exact) mass is 390 g/mol. The van der Waals surface area contributed by atoms with Gasteiger partial charge in [-0.1, -0.05) is 38.2 Å². The van der Waals surface area contributed by atoms with E-state index in [2.05, 4.69) is 38.2 Å². The van der Waals surface area contributed by atoms with Crippen LogP contribution < -0.4 is 0 Å². The van der Waals surface area contributed by atoms with Crippen molar-refractivity contribution >= 4 is 11.6 Å². The average molecular weight is 391 g/mol. The van der Waals surface area contributed by atoms with Crippen molar-refractivity contribution in [1.29, 1.82) is 0 Å². The molecule has 0 saturated heterocycles. The minimum Gasteiger partial charge on any atom is -0.299 e. The molecule has 0 radical (unpaired) electrons. The predicted molar refractivity (Wildman–Crippen MR) is 112 cm³/mol. The molecule has 0 heterocycles. The second-order valence-corrected chi connectivity index (χ2v) is 8.51. The topological polar surface area (TPSA) is 63.6 Å². The molecule has 2 saturated carbocycles. The molecule has 0 bridgehead atoms. The zero-order valence-electron chi connectivity index (χ0n) is 17.6. The summed E-state index contributed by atoms with van der Waals surface area (Å²) < 4.78 is 0. The molecule has 0 aromatic carbocycles. The van der Waals surface area contributed by atoms with E-state index in [1.54, 1.807) is 0 Å². The standard InChI is InChI=1S/C24H38O4/c1-3-5-7-9-21-18(12-15-23(21)25)11-14-20(28-27)17-19-13-16-24(26)22(19)10-8-6-4-2/h5-8,18-22,27H,3-4,9-17H2,1-2H3/b7-5-,8-6-. The van der Waals surface area contributed by atoms with Crippen molar-refractivity contribution in [2.75, 3.05) is 0 Å². The van der Waals surface area contributed by atoms with Gasteiger partial charge in [-0.05, 0) is 69.6 Å². The second kappa shape index (κ2) is 12.3. The average Bonchev–Trinajstić information content (AvgIpc) is 3.22. The molecule has 2 fully saturated rings. The molecule has 4 nitrogen and oxygen atoms in total. The molecule has 2 rings (SSSR count). The zero-order chi connectivity index (χ0) is 20.4. The highest BCUT2D eigenvalue weighted by molar-refractivity contribution is 5.84. The summed E-state index contributed by atoms with van der Waals surface area (Å²) in [5.41, 5.74) is 0. The van der Waals surface area contributed by atoms with Crippen LogP contribution in [0.1, 0.15) is 84.5 Å². The summed E-state index contributed by atoms with van der Waals surface area (Å²) in [7, 11) is 0. The fraction of sp³-hybridized carbons (Fsp3) is 0.750. The second-order valence-electron chi connectivity index (χ2n) is 8.51. The highest BCUT2D eigenvalue weighted by Gasteiger charge is 2.37. The van der Waals surface area contributed by atoms with Crippen LogP contribution in [0.5, 0.6) is 0 Å². The number of hydrogen-bond acceptors (Lipinski definition) is 4. The fourth-order valence-electron chi connectivity index (χ4n) is 5.00. The highest BCUT2D eigenvalue weighted by Crippen LogP contribution is 2.38. The first-order valence-corrected chi connectivity index (χ1v) is 11.3. The van der Waals surface area contributed by atoms with Crippen LogP contribution in [0.4, 0.5) is 0 Å². The van der Waals surface area contributed by atoms with Gasteiger partial charge in [0.25, 0.3) is 0 Å². The lowest BCUT2D eigenvalue weighted by Crippen LogP contribution is -2.23. The Labute approximate surface area is 170 Å². The Kier molecular flexibility index (Phi) is 10.1. The summed E-state index contributed by atoms with van der Waals surface area (Å²) in [5.74, 6) is 1.62. The van der Waals surface area contributed by atoms with Gasteiger partial charge in [-0.15, -0.1) is 0 Å². The first-order valence-electron chi connectivity index (χ1n) is 11.3. The van der Waals surface area contributed by atoms with Crippen LogP contribution >= 0.6 is 0 Å². The third-order valence-corrected chi connectivity index (χ3v) is 6.65. The van der Waals surface area contributed by atoms with Crippen molar-refractivity contribution in [2.45, 2.75) is 90.6 Å². The lowest BCUT2D eigenvalue weighted by atomic mass is 9.84. The third-order valence-electron chi connectivity index (χ3n) is 6.65. The summed E-state index contributed by atoms with van der Waals surface area (Å²) in [5, 5.41) is 9.44. The van der Waals surface area contributed by atoms with Gasteiger partial charge in [0, 0.05) is 24.7 Å². The van der Waals surface area contributed by atoms with E-state index in [1.807, 2.05) is 0 Å². The van der Waals surface area contributed by atoms with Gasteiger partial charge in [0.05, 0.1) is 6.10 Å². The number of rotatable bonds is 12. The first kappa shape index (κ1) is 23.0. The van der Waals surface area contributed by atoms with E-state index in [1.165, 1.54) is 0 Å². The zero-order valence-corrected chi connectivity index (χ0v) is 17.6. The summed E-state index contributed by atoms with van der Waals surface area (Å²) in [6.45, 7) is 4.20. The number of Topliss-reactive ketones (excluding diaryl/α,β-unsaturated/α-hetero) is 2. The number of allylic oxidation sites excluding steroid dienone is 4. The van der Waals surface area contributed by atoms with Gasteiger partial charge in [0.2, 0.25) is 0 Å². The SMILES string of the molecule is CC/C=C\CC1C(=O)CCC1CCC(CC1CCC(=O)C1C/C=C\CC)OO. The highest BCUT2D eigenvalue weighted by atomic mass is 17.1. The normalized spacial score (nSPS) is 29.5. The van der Waals surface area contributed by atoms with E-state index in [4.69, 9.17) is 4.89 Å². The van der Waals surface area contributed by atoms with Gasteiger partial charge < -0.3 is 0 Å². The number of hydrogen-bond donors (Lipinski definition) is 1. The van der Waals surface area contributed by atoms with Crippen molar-refractivity contribution in [1.82, 2.24) is 0 Å². The molecule has 0 spiro atoms. The molecule has 158 valence electrons. The van der Waals surface area contributed by atoms with Crippen LogP contribution in [0, 0.1) is 23.7 Å². The summed E-state index contributed by atoms with van der Waals surface area (Å²) >= 11 is 0. The van der Waals surface area contributed by atoms with Crippen LogP contribution in [0.3, 0.4) is 0 Å². The number of carbonyl (C=O) groups excluding carboxylic acids is 2. The first-order chi connectivity index (χ1) is 13.6. The molecular weight excluding hydrogens is 352 g/mol. The molecular formula is C24H38O4. The fourth-order valence-corrected chi connectivity index (χ4v) is 5.00. The van der Waals surface area contributed by atoms with E-state index in [0.29, 0.717) is 36.2 Å². The molecule has 5 atom stereocenters. The summed E-state index contributed by atoms with van der Waals surface area (Å²) in [4.78, 5) is 29.3. The van der Waals surface area contributed by atoms with E-state index in [9.17, 15) is 14.8 Å². The largest absolute Gasteiger partial charge is 0.299 e. The van der Waals surface area contributed by atoms with E-state index < -0.39 is 0 Å². The molecule has 2 aliphatic rings. The van der Waals surface area contributed by atoms with E-state index >= 15 is 0 Å². The van der Waals surface area contributed by atoms with Crippen LogP contribution in [0.2, 0.25) is 0 Å². The van der Waals surface area contributed by atoms with Gasteiger partial charge in [-0.2, -0.15) is 0 Å². The summed E-state index contributed by atoms with van der Waals surface area (Å²) in [6, 6.07) is 0. The maximum absolute atomic E-state index is 12.2. The predicted octanol–water partition coefficient (Wildman–Crippen LogP) is 5.92. The Balaban J connectivity index is 1.86. The Hall–Kier alpha value is -1.26. The van der Waals surface area contributed by atoms with Crippen LogP contribution in [0.15, 0.2) is 24.3 Å². The number of ketones is 2. The molecule has 28 heavy (non-hydrogen) atoms. The minimum atomic E-state index is -0.240. The van der Waals surface area contributed by atoms with Crippen LogP contribution in [-0.2, 0) is 14.5 Å². The molecule has 0 aliphatic heterocycles. The van der Waals surface area contributed by atoms with Gasteiger partial charge in [-0.25, -0.2) is 4.89 Å². The van der Waals surface area contributed by atoms with Crippen molar-refractivity contribution in [3.63, 3.8) is 0 Å². The molecule has 5 unspecified atom stereocenters. The quantitative estimate of drug-likeness (QED) is 0.255. The van der Waals surface area contributed by atoms with Gasteiger partial charge in [-0.3, -0.25) is 14.8 Å². The summed E-state index contributed by atoms with van der Waals surface area (Å²) in [6.07, 6.45) is 17.5. The van der Waals surface area contributed by atoms with Crippen molar-refractivity contribution < 1.29 is 19.7 Å².